The standard InChI is InChI=1S/C13H21NO4/c15-11(9-18-8-10-3-4-10)14-13(7-12(16)17)5-1-2-6-13/h10H,1-9H2,(H,14,15)(H,16,17). The molecule has 0 bridgehead atoms. The van der Waals surface area contributed by atoms with Crippen LogP contribution in [0, 0.1) is 5.92 Å². The topological polar surface area (TPSA) is 75.6 Å². The van der Waals surface area contributed by atoms with Gasteiger partial charge >= 0.3 is 5.97 Å². The van der Waals surface area contributed by atoms with Gasteiger partial charge in [-0.05, 0) is 31.6 Å². The molecule has 2 saturated carbocycles. The number of amides is 1. The fourth-order valence-corrected chi connectivity index (χ4v) is 2.62. The molecule has 1 amide bonds. The maximum Gasteiger partial charge on any atom is 0.305 e. The first-order valence-corrected chi connectivity index (χ1v) is 6.70. The van der Waals surface area contributed by atoms with Crippen LogP contribution < -0.4 is 5.32 Å². The van der Waals surface area contributed by atoms with Crippen LogP contribution in [-0.4, -0.2) is 35.7 Å². The van der Waals surface area contributed by atoms with Gasteiger partial charge in [-0.1, -0.05) is 12.8 Å². The Balaban J connectivity index is 1.76. The Bertz CT molecular complexity index is 319. The van der Waals surface area contributed by atoms with E-state index in [0.29, 0.717) is 12.5 Å². The summed E-state index contributed by atoms with van der Waals surface area (Å²) in [7, 11) is 0. The average molecular weight is 255 g/mol. The van der Waals surface area contributed by atoms with E-state index >= 15 is 0 Å². The molecule has 2 aliphatic rings. The van der Waals surface area contributed by atoms with Gasteiger partial charge < -0.3 is 15.2 Å². The van der Waals surface area contributed by atoms with Crippen molar-refractivity contribution in [1.29, 1.82) is 0 Å². The van der Waals surface area contributed by atoms with Crippen molar-refractivity contribution in [1.82, 2.24) is 5.32 Å². The molecular weight excluding hydrogens is 234 g/mol. The molecule has 0 aliphatic heterocycles. The highest BCUT2D eigenvalue weighted by Gasteiger charge is 2.37. The van der Waals surface area contributed by atoms with Crippen LogP contribution in [0.1, 0.15) is 44.9 Å². The second-order valence-electron chi connectivity index (χ2n) is 5.56. The van der Waals surface area contributed by atoms with Gasteiger partial charge in [0.1, 0.15) is 6.61 Å². The molecule has 2 rings (SSSR count). The van der Waals surface area contributed by atoms with Crippen LogP contribution in [0.25, 0.3) is 0 Å². The van der Waals surface area contributed by atoms with Crippen molar-refractivity contribution in [2.24, 2.45) is 5.92 Å². The number of carbonyl (C=O) groups excluding carboxylic acids is 1. The van der Waals surface area contributed by atoms with Crippen LogP contribution in [0.4, 0.5) is 0 Å². The predicted molar refractivity (Wildman–Crippen MR) is 65.1 cm³/mol. The van der Waals surface area contributed by atoms with Gasteiger partial charge in [0.25, 0.3) is 0 Å². The number of carbonyl (C=O) groups is 2. The number of hydrogen-bond donors (Lipinski definition) is 2. The van der Waals surface area contributed by atoms with Crippen LogP contribution in [0.2, 0.25) is 0 Å². The zero-order chi connectivity index (χ0) is 13.0. The maximum atomic E-state index is 11.8. The van der Waals surface area contributed by atoms with Gasteiger partial charge in [0.2, 0.25) is 5.91 Å². The number of rotatable bonds is 7. The molecule has 102 valence electrons. The van der Waals surface area contributed by atoms with E-state index < -0.39 is 11.5 Å². The third-order valence-corrected chi connectivity index (χ3v) is 3.74. The SMILES string of the molecule is O=C(O)CC1(NC(=O)COCC2CC2)CCCC1. The Hall–Kier alpha value is -1.10. The minimum Gasteiger partial charge on any atom is -0.481 e. The smallest absolute Gasteiger partial charge is 0.305 e. The second kappa shape index (κ2) is 5.69. The molecule has 2 fully saturated rings. The van der Waals surface area contributed by atoms with Gasteiger partial charge in [-0.25, -0.2) is 0 Å². The molecule has 0 aromatic heterocycles. The summed E-state index contributed by atoms with van der Waals surface area (Å²) in [6.07, 6.45) is 5.89. The summed E-state index contributed by atoms with van der Waals surface area (Å²) >= 11 is 0. The molecule has 0 atom stereocenters. The van der Waals surface area contributed by atoms with Gasteiger partial charge in [0.05, 0.1) is 18.6 Å². The van der Waals surface area contributed by atoms with Crippen LogP contribution >= 0.6 is 0 Å². The predicted octanol–water partition coefficient (Wildman–Crippen LogP) is 1.32. The van der Waals surface area contributed by atoms with E-state index in [0.717, 1.165) is 25.7 Å². The van der Waals surface area contributed by atoms with E-state index in [4.69, 9.17) is 9.84 Å². The van der Waals surface area contributed by atoms with Crippen molar-refractivity contribution in [3.05, 3.63) is 0 Å². The fourth-order valence-electron chi connectivity index (χ4n) is 2.62. The van der Waals surface area contributed by atoms with Crippen molar-refractivity contribution in [2.75, 3.05) is 13.2 Å². The summed E-state index contributed by atoms with van der Waals surface area (Å²) in [5, 5.41) is 11.8. The van der Waals surface area contributed by atoms with Crippen molar-refractivity contribution in [3.63, 3.8) is 0 Å². The second-order valence-corrected chi connectivity index (χ2v) is 5.56. The Morgan fingerprint density at radius 2 is 1.94 bits per heavy atom. The molecule has 2 aliphatic carbocycles. The Morgan fingerprint density at radius 1 is 1.28 bits per heavy atom. The first-order valence-electron chi connectivity index (χ1n) is 6.70. The van der Waals surface area contributed by atoms with Crippen molar-refractivity contribution >= 4 is 11.9 Å². The van der Waals surface area contributed by atoms with Crippen LogP contribution in [0.15, 0.2) is 0 Å². The third-order valence-electron chi connectivity index (χ3n) is 3.74. The van der Waals surface area contributed by atoms with E-state index in [1.807, 2.05) is 0 Å². The molecule has 18 heavy (non-hydrogen) atoms. The van der Waals surface area contributed by atoms with Gasteiger partial charge in [0, 0.05) is 0 Å². The van der Waals surface area contributed by atoms with E-state index in [1.54, 1.807) is 0 Å². The molecule has 0 heterocycles. The summed E-state index contributed by atoms with van der Waals surface area (Å²) < 4.78 is 5.32. The van der Waals surface area contributed by atoms with Gasteiger partial charge in [-0.3, -0.25) is 9.59 Å². The van der Waals surface area contributed by atoms with E-state index in [1.165, 1.54) is 12.8 Å². The lowest BCUT2D eigenvalue weighted by molar-refractivity contribution is -0.139. The lowest BCUT2D eigenvalue weighted by Crippen LogP contribution is -2.49. The molecule has 0 saturated heterocycles. The van der Waals surface area contributed by atoms with E-state index in [2.05, 4.69) is 5.32 Å². The quantitative estimate of drug-likeness (QED) is 0.719. The molecule has 0 aromatic carbocycles. The van der Waals surface area contributed by atoms with Crippen molar-refractivity contribution in [2.45, 2.75) is 50.5 Å². The number of carboxylic acid groups (broad SMARTS) is 1. The summed E-state index contributed by atoms with van der Waals surface area (Å²) in [5.41, 5.74) is -0.536. The highest BCUT2D eigenvalue weighted by Crippen LogP contribution is 2.32. The summed E-state index contributed by atoms with van der Waals surface area (Å²) in [6, 6.07) is 0. The molecule has 0 spiro atoms. The molecular formula is C13H21NO4. The monoisotopic (exact) mass is 255 g/mol. The summed E-state index contributed by atoms with van der Waals surface area (Å²) in [5.74, 6) is -0.396. The maximum absolute atomic E-state index is 11.8. The van der Waals surface area contributed by atoms with E-state index in [9.17, 15) is 9.59 Å². The summed E-state index contributed by atoms with van der Waals surface area (Å²) in [4.78, 5) is 22.6. The number of hydrogen-bond acceptors (Lipinski definition) is 3. The molecule has 0 unspecified atom stereocenters. The molecule has 2 N–H and O–H groups in total. The molecule has 5 nitrogen and oxygen atoms in total. The summed E-state index contributed by atoms with van der Waals surface area (Å²) in [6.45, 7) is 0.706. The molecule has 0 radical (unpaired) electrons. The van der Waals surface area contributed by atoms with E-state index in [-0.39, 0.29) is 18.9 Å². The highest BCUT2D eigenvalue weighted by atomic mass is 16.5. The zero-order valence-electron chi connectivity index (χ0n) is 10.6. The van der Waals surface area contributed by atoms with Crippen LogP contribution in [0.5, 0.6) is 0 Å². The van der Waals surface area contributed by atoms with Crippen molar-refractivity contribution < 1.29 is 19.4 Å². The largest absolute Gasteiger partial charge is 0.481 e. The third kappa shape index (κ3) is 3.98. The number of aliphatic carboxylic acids is 1. The Kier molecular flexibility index (Phi) is 4.22. The average Bonchev–Trinajstić information content (AvgIpc) is 2.99. The van der Waals surface area contributed by atoms with Gasteiger partial charge in [0.15, 0.2) is 0 Å². The first-order chi connectivity index (χ1) is 8.60. The van der Waals surface area contributed by atoms with Gasteiger partial charge in [-0.15, -0.1) is 0 Å². The Morgan fingerprint density at radius 3 is 2.50 bits per heavy atom. The minimum atomic E-state index is -0.851. The number of ether oxygens (including phenoxy) is 1. The molecule has 0 aromatic rings. The molecule has 5 heteroatoms. The lowest BCUT2D eigenvalue weighted by atomic mass is 9.93. The normalized spacial score (nSPS) is 21.8. The fraction of sp³-hybridized carbons (Fsp3) is 0.846. The minimum absolute atomic E-state index is 0.0152. The highest BCUT2D eigenvalue weighted by molar-refractivity contribution is 5.79. The number of nitrogens with one attached hydrogen (secondary N) is 1. The van der Waals surface area contributed by atoms with Crippen LogP contribution in [-0.2, 0) is 14.3 Å². The van der Waals surface area contributed by atoms with Gasteiger partial charge in [-0.2, -0.15) is 0 Å². The number of carboxylic acids is 1. The zero-order valence-corrected chi connectivity index (χ0v) is 10.6. The van der Waals surface area contributed by atoms with Crippen molar-refractivity contribution in [3.8, 4) is 0 Å². The lowest BCUT2D eigenvalue weighted by Gasteiger charge is -2.28. The van der Waals surface area contributed by atoms with Crippen LogP contribution in [0.3, 0.4) is 0 Å². The first kappa shape index (κ1) is 13.3. The Labute approximate surface area is 107 Å².